The molecule has 2 aromatic rings. The third-order valence-electron chi connectivity index (χ3n) is 2.71. The van der Waals surface area contributed by atoms with Gasteiger partial charge in [0, 0.05) is 17.0 Å². The lowest BCUT2D eigenvalue weighted by Crippen LogP contribution is -2.14. The summed E-state index contributed by atoms with van der Waals surface area (Å²) in [6.07, 6.45) is 0. The number of hydrogen-bond donors (Lipinski definition) is 1. The number of sulfonamides is 1. The summed E-state index contributed by atoms with van der Waals surface area (Å²) in [6, 6.07) is 7.80. The first kappa shape index (κ1) is 16.7. The van der Waals surface area contributed by atoms with Crippen molar-refractivity contribution in [2.45, 2.75) is 9.79 Å². The Balaban J connectivity index is 2.27. The molecule has 0 saturated carbocycles. The van der Waals surface area contributed by atoms with Gasteiger partial charge in [-0.2, -0.15) is 5.26 Å². The van der Waals surface area contributed by atoms with Crippen LogP contribution in [-0.4, -0.2) is 13.3 Å². The third-order valence-corrected chi connectivity index (χ3v) is 4.67. The van der Waals surface area contributed by atoms with E-state index < -0.39 is 20.8 Å². The Morgan fingerprint density at radius 1 is 1.22 bits per heavy atom. The molecule has 7 nitrogen and oxygen atoms in total. The maximum Gasteiger partial charge on any atom is 0.269 e. The zero-order valence-electron chi connectivity index (χ0n) is 11.3. The van der Waals surface area contributed by atoms with Crippen LogP contribution in [0.25, 0.3) is 0 Å². The summed E-state index contributed by atoms with van der Waals surface area (Å²) in [5.41, 5.74) is -0.543. The van der Waals surface area contributed by atoms with E-state index in [1.54, 1.807) is 5.40 Å². The number of nitro groups is 1. The summed E-state index contributed by atoms with van der Waals surface area (Å²) in [6.45, 7) is 0. The van der Waals surface area contributed by atoms with Crippen LogP contribution in [0.1, 0.15) is 0 Å². The first-order valence-corrected chi connectivity index (χ1v) is 8.26. The normalized spacial score (nSPS) is 10.8. The highest BCUT2D eigenvalue weighted by atomic mass is 32.2. The van der Waals surface area contributed by atoms with Crippen LogP contribution in [0.3, 0.4) is 0 Å². The number of thiocyanates is 1. The Morgan fingerprint density at radius 2 is 1.87 bits per heavy atom. The molecule has 10 heteroatoms. The van der Waals surface area contributed by atoms with Gasteiger partial charge < -0.3 is 0 Å². The van der Waals surface area contributed by atoms with Crippen molar-refractivity contribution in [3.63, 3.8) is 0 Å². The van der Waals surface area contributed by atoms with E-state index in [0.29, 0.717) is 4.90 Å². The van der Waals surface area contributed by atoms with Gasteiger partial charge in [-0.15, -0.1) is 0 Å². The van der Waals surface area contributed by atoms with Crippen LogP contribution in [0.5, 0.6) is 0 Å². The zero-order chi connectivity index (χ0) is 17.0. The Morgan fingerprint density at radius 3 is 2.39 bits per heavy atom. The minimum absolute atomic E-state index is 0.238. The highest BCUT2D eigenvalue weighted by Crippen LogP contribution is 2.25. The molecule has 0 heterocycles. The molecule has 2 rings (SSSR count). The molecule has 118 valence electrons. The van der Waals surface area contributed by atoms with Crippen molar-refractivity contribution < 1.29 is 17.7 Å². The van der Waals surface area contributed by atoms with E-state index >= 15 is 0 Å². The highest BCUT2D eigenvalue weighted by molar-refractivity contribution is 8.03. The number of rotatable bonds is 5. The number of nitro benzene ring substituents is 1. The van der Waals surface area contributed by atoms with Crippen LogP contribution in [0, 0.1) is 26.6 Å². The second-order valence-electron chi connectivity index (χ2n) is 4.19. The summed E-state index contributed by atoms with van der Waals surface area (Å²) < 4.78 is 40.2. The lowest BCUT2D eigenvalue weighted by Gasteiger charge is -2.09. The average molecular weight is 353 g/mol. The number of anilines is 1. The van der Waals surface area contributed by atoms with Gasteiger partial charge in [-0.25, -0.2) is 12.8 Å². The number of nitrogens with one attached hydrogen (secondary N) is 1. The lowest BCUT2D eigenvalue weighted by atomic mass is 10.3. The molecule has 2 aromatic carbocycles. The Hall–Kier alpha value is -2.64. The first-order valence-electron chi connectivity index (χ1n) is 5.96. The second kappa shape index (κ2) is 6.64. The molecule has 0 spiro atoms. The maximum atomic E-state index is 13.9. The molecule has 23 heavy (non-hydrogen) atoms. The second-order valence-corrected chi connectivity index (χ2v) is 6.73. The van der Waals surface area contributed by atoms with E-state index in [1.165, 1.54) is 12.1 Å². The molecule has 0 unspecified atom stereocenters. The Bertz CT molecular complexity index is 892. The molecular weight excluding hydrogens is 345 g/mol. The topological polar surface area (TPSA) is 113 Å². The predicted octanol–water partition coefficient (Wildman–Crippen LogP) is 3.11. The molecule has 0 saturated heterocycles. The van der Waals surface area contributed by atoms with Crippen molar-refractivity contribution in [3.05, 3.63) is 58.4 Å². The van der Waals surface area contributed by atoms with Crippen LogP contribution >= 0.6 is 11.8 Å². The number of nitriles is 1. The van der Waals surface area contributed by atoms with Gasteiger partial charge in [0.1, 0.15) is 11.2 Å². The number of halogens is 1. The van der Waals surface area contributed by atoms with Crippen molar-refractivity contribution in [1.82, 2.24) is 0 Å². The fourth-order valence-electron chi connectivity index (χ4n) is 1.65. The number of non-ortho nitro benzene ring substituents is 1. The zero-order valence-corrected chi connectivity index (χ0v) is 12.9. The largest absolute Gasteiger partial charge is 0.277 e. The molecule has 0 amide bonds. The summed E-state index contributed by atoms with van der Waals surface area (Å²) in [7, 11) is -4.09. The monoisotopic (exact) mass is 353 g/mol. The Labute approximate surface area is 134 Å². The van der Waals surface area contributed by atoms with Crippen molar-refractivity contribution in [2.75, 3.05) is 4.72 Å². The van der Waals surface area contributed by atoms with Gasteiger partial charge in [-0.3, -0.25) is 14.8 Å². The van der Waals surface area contributed by atoms with Crippen LogP contribution in [0.4, 0.5) is 15.8 Å². The molecule has 0 aliphatic heterocycles. The number of nitrogens with zero attached hydrogens (tertiary/aromatic N) is 2. The van der Waals surface area contributed by atoms with Gasteiger partial charge in [-0.1, -0.05) is 0 Å². The van der Waals surface area contributed by atoms with Crippen LogP contribution in [0.15, 0.2) is 52.3 Å². The Kier molecular flexibility index (Phi) is 4.83. The average Bonchev–Trinajstić information content (AvgIpc) is 2.50. The van der Waals surface area contributed by atoms with Crippen molar-refractivity contribution >= 4 is 33.2 Å². The fraction of sp³-hybridized carbons (Fsp3) is 0. The molecule has 0 aliphatic carbocycles. The predicted molar refractivity (Wildman–Crippen MR) is 81.8 cm³/mol. The summed E-state index contributed by atoms with van der Waals surface area (Å²) in [5.74, 6) is -0.837. The van der Waals surface area contributed by atoms with E-state index in [-0.39, 0.29) is 16.3 Å². The van der Waals surface area contributed by atoms with Crippen LogP contribution in [-0.2, 0) is 10.0 Å². The van der Waals surface area contributed by atoms with E-state index in [0.717, 1.165) is 42.1 Å². The maximum absolute atomic E-state index is 13.9. The molecule has 0 atom stereocenters. The van der Waals surface area contributed by atoms with E-state index in [9.17, 15) is 22.9 Å². The van der Waals surface area contributed by atoms with E-state index in [2.05, 4.69) is 4.72 Å². The van der Waals surface area contributed by atoms with Crippen molar-refractivity contribution in [1.29, 1.82) is 5.26 Å². The standard InChI is InChI=1S/C13H8FN3O4S2/c14-12-7-10(22-8-15)3-6-13(12)16-23(20,21)11-4-1-9(2-5-11)17(18)19/h1-7,16H. The molecule has 0 radical (unpaired) electrons. The number of benzene rings is 2. The van der Waals surface area contributed by atoms with Gasteiger partial charge >= 0.3 is 0 Å². The molecule has 1 N–H and O–H groups in total. The lowest BCUT2D eigenvalue weighted by molar-refractivity contribution is -0.384. The van der Waals surface area contributed by atoms with Gasteiger partial charge in [0.25, 0.3) is 15.7 Å². The fourth-order valence-corrected chi connectivity index (χ4v) is 3.12. The SMILES string of the molecule is N#CSc1ccc(NS(=O)(=O)c2ccc([N+](=O)[O-])cc2)c(F)c1. The quantitative estimate of drug-likeness (QED) is 0.382. The molecule has 0 aliphatic rings. The van der Waals surface area contributed by atoms with E-state index in [1.807, 2.05) is 0 Å². The van der Waals surface area contributed by atoms with Gasteiger partial charge in [0.2, 0.25) is 0 Å². The third kappa shape index (κ3) is 3.97. The first-order chi connectivity index (χ1) is 10.8. The number of thioether (sulfide) groups is 1. The van der Waals surface area contributed by atoms with Gasteiger partial charge in [-0.05, 0) is 42.1 Å². The van der Waals surface area contributed by atoms with Gasteiger partial charge in [0.15, 0.2) is 0 Å². The number of hydrogen-bond acceptors (Lipinski definition) is 6. The highest BCUT2D eigenvalue weighted by Gasteiger charge is 2.18. The molecule has 0 aromatic heterocycles. The molecular formula is C13H8FN3O4S2. The van der Waals surface area contributed by atoms with Crippen molar-refractivity contribution in [3.8, 4) is 5.40 Å². The summed E-state index contributed by atoms with van der Waals surface area (Å²) in [5, 5.41) is 20.8. The summed E-state index contributed by atoms with van der Waals surface area (Å²) >= 11 is 0.741. The summed E-state index contributed by atoms with van der Waals surface area (Å²) in [4.78, 5) is 9.99. The van der Waals surface area contributed by atoms with Crippen LogP contribution < -0.4 is 4.72 Å². The molecule has 0 fully saturated rings. The van der Waals surface area contributed by atoms with E-state index in [4.69, 9.17) is 5.26 Å². The smallest absolute Gasteiger partial charge is 0.269 e. The van der Waals surface area contributed by atoms with Crippen molar-refractivity contribution in [2.24, 2.45) is 0 Å². The minimum atomic E-state index is -4.09. The van der Waals surface area contributed by atoms with Crippen LogP contribution in [0.2, 0.25) is 0 Å². The van der Waals surface area contributed by atoms with Gasteiger partial charge in [0.05, 0.1) is 15.5 Å². The molecule has 0 bridgehead atoms. The minimum Gasteiger partial charge on any atom is -0.277 e.